The van der Waals surface area contributed by atoms with Crippen molar-refractivity contribution < 1.29 is 19.5 Å². The number of carboxylic acids is 1. The number of imide groups is 1. The number of carboxylic acid groups (broad SMARTS) is 1. The fraction of sp³-hybridized carbons (Fsp3) is 0.400. The number of fused-ring (bicyclic) bond motifs is 1. The summed E-state index contributed by atoms with van der Waals surface area (Å²) in [4.78, 5) is 35.9. The van der Waals surface area contributed by atoms with Crippen molar-refractivity contribution in [2.24, 2.45) is 5.92 Å². The van der Waals surface area contributed by atoms with Gasteiger partial charge in [-0.05, 0) is 30.9 Å². The van der Waals surface area contributed by atoms with Gasteiger partial charge < -0.3 is 5.11 Å². The van der Waals surface area contributed by atoms with E-state index in [1.807, 2.05) is 6.92 Å². The van der Waals surface area contributed by atoms with Crippen molar-refractivity contribution in [3.8, 4) is 0 Å². The van der Waals surface area contributed by atoms with Gasteiger partial charge in [0.1, 0.15) is 0 Å². The molecular formula is C15H17NO4. The zero-order valence-electron chi connectivity index (χ0n) is 11.3. The van der Waals surface area contributed by atoms with Crippen LogP contribution in [0.15, 0.2) is 24.3 Å². The van der Waals surface area contributed by atoms with Crippen molar-refractivity contribution >= 4 is 17.8 Å². The highest BCUT2D eigenvalue weighted by molar-refractivity contribution is 6.21. The minimum absolute atomic E-state index is 0.114. The Morgan fingerprint density at radius 3 is 2.20 bits per heavy atom. The molecule has 0 unspecified atom stereocenters. The summed E-state index contributed by atoms with van der Waals surface area (Å²) in [7, 11) is 0. The van der Waals surface area contributed by atoms with Crippen molar-refractivity contribution in [2.75, 3.05) is 6.54 Å². The van der Waals surface area contributed by atoms with Gasteiger partial charge in [0.05, 0.1) is 11.1 Å². The Hall–Kier alpha value is -2.17. The molecule has 1 aliphatic heterocycles. The molecular weight excluding hydrogens is 258 g/mol. The van der Waals surface area contributed by atoms with Gasteiger partial charge in [-0.15, -0.1) is 0 Å². The Morgan fingerprint density at radius 2 is 1.70 bits per heavy atom. The molecule has 1 aromatic carbocycles. The highest BCUT2D eigenvalue weighted by Crippen LogP contribution is 2.23. The van der Waals surface area contributed by atoms with Gasteiger partial charge in [-0.2, -0.15) is 0 Å². The molecule has 0 aliphatic carbocycles. The summed E-state index contributed by atoms with van der Waals surface area (Å²) in [6.07, 6.45) is 1.29. The Kier molecular flexibility index (Phi) is 4.17. The summed E-state index contributed by atoms with van der Waals surface area (Å²) in [6, 6.07) is 6.79. The summed E-state index contributed by atoms with van der Waals surface area (Å²) in [5, 5.41) is 8.63. The molecule has 5 heteroatoms. The molecule has 1 aliphatic rings. The summed E-state index contributed by atoms with van der Waals surface area (Å²) >= 11 is 0. The lowest BCUT2D eigenvalue weighted by molar-refractivity contribution is -0.137. The predicted octanol–water partition coefficient (Wildman–Crippen LogP) is 2.17. The van der Waals surface area contributed by atoms with Crippen LogP contribution in [0.2, 0.25) is 0 Å². The molecule has 0 bridgehead atoms. The average Bonchev–Trinajstić information content (AvgIpc) is 2.67. The largest absolute Gasteiger partial charge is 0.481 e. The second-order valence-electron chi connectivity index (χ2n) is 5.13. The van der Waals surface area contributed by atoms with Crippen molar-refractivity contribution in [2.45, 2.75) is 26.2 Å². The molecule has 0 spiro atoms. The number of carbonyl (C=O) groups is 3. The van der Waals surface area contributed by atoms with Crippen molar-refractivity contribution in [1.29, 1.82) is 0 Å². The van der Waals surface area contributed by atoms with Crippen LogP contribution in [0.4, 0.5) is 0 Å². The number of benzene rings is 1. The molecule has 0 saturated heterocycles. The van der Waals surface area contributed by atoms with E-state index in [0.717, 1.165) is 0 Å². The van der Waals surface area contributed by atoms with Crippen LogP contribution in [0.5, 0.6) is 0 Å². The standard InChI is InChI=1S/C15H17NO4/c1-10(6-7-13(17)18)8-9-16-14(19)11-4-2-3-5-12(11)15(16)20/h2-5,10H,6-9H2,1H3,(H,17,18)/t10-/m1/s1. The minimum Gasteiger partial charge on any atom is -0.481 e. The topological polar surface area (TPSA) is 74.7 Å². The molecule has 0 saturated carbocycles. The first kappa shape index (κ1) is 14.2. The first-order valence-corrected chi connectivity index (χ1v) is 6.67. The summed E-state index contributed by atoms with van der Waals surface area (Å²) in [6.45, 7) is 2.27. The summed E-state index contributed by atoms with van der Waals surface area (Å²) in [5.41, 5.74) is 0.909. The van der Waals surface area contributed by atoms with E-state index >= 15 is 0 Å². The van der Waals surface area contributed by atoms with Gasteiger partial charge in [0.25, 0.3) is 11.8 Å². The molecule has 1 atom stereocenters. The number of rotatable bonds is 6. The Bertz CT molecular complexity index is 518. The number of amides is 2. The normalized spacial score (nSPS) is 15.3. The molecule has 1 aromatic rings. The van der Waals surface area contributed by atoms with Gasteiger partial charge in [-0.1, -0.05) is 19.1 Å². The lowest BCUT2D eigenvalue weighted by Gasteiger charge is -2.16. The van der Waals surface area contributed by atoms with E-state index in [1.165, 1.54) is 4.90 Å². The molecule has 1 heterocycles. The number of hydrogen-bond acceptors (Lipinski definition) is 3. The summed E-state index contributed by atoms with van der Waals surface area (Å²) < 4.78 is 0. The van der Waals surface area contributed by atoms with Crippen molar-refractivity contribution in [3.05, 3.63) is 35.4 Å². The van der Waals surface area contributed by atoms with E-state index in [4.69, 9.17) is 5.11 Å². The minimum atomic E-state index is -0.822. The second kappa shape index (κ2) is 5.86. The van der Waals surface area contributed by atoms with E-state index < -0.39 is 5.97 Å². The quantitative estimate of drug-likeness (QED) is 0.807. The fourth-order valence-corrected chi connectivity index (χ4v) is 2.31. The van der Waals surface area contributed by atoms with Gasteiger partial charge >= 0.3 is 5.97 Å². The molecule has 0 fully saturated rings. The number of aliphatic carboxylic acids is 1. The van der Waals surface area contributed by atoms with Crippen LogP contribution < -0.4 is 0 Å². The predicted molar refractivity (Wildman–Crippen MR) is 72.5 cm³/mol. The second-order valence-corrected chi connectivity index (χ2v) is 5.13. The first-order chi connectivity index (χ1) is 9.50. The lowest BCUT2D eigenvalue weighted by Crippen LogP contribution is -2.31. The monoisotopic (exact) mass is 275 g/mol. The molecule has 20 heavy (non-hydrogen) atoms. The molecule has 2 rings (SSSR count). The Labute approximate surface area is 117 Å². The van der Waals surface area contributed by atoms with E-state index in [-0.39, 0.29) is 24.2 Å². The third-order valence-corrected chi connectivity index (χ3v) is 3.57. The maximum Gasteiger partial charge on any atom is 0.303 e. The smallest absolute Gasteiger partial charge is 0.303 e. The maximum absolute atomic E-state index is 12.1. The molecule has 0 radical (unpaired) electrons. The van der Waals surface area contributed by atoms with Gasteiger partial charge in [-0.3, -0.25) is 19.3 Å². The molecule has 0 aromatic heterocycles. The maximum atomic E-state index is 12.1. The third kappa shape index (κ3) is 2.87. The SMILES string of the molecule is C[C@H](CCC(=O)O)CCN1C(=O)c2ccccc2C1=O. The van der Waals surface area contributed by atoms with Gasteiger partial charge in [0, 0.05) is 13.0 Å². The van der Waals surface area contributed by atoms with Crippen LogP contribution in [0.25, 0.3) is 0 Å². The van der Waals surface area contributed by atoms with Gasteiger partial charge in [-0.25, -0.2) is 0 Å². The van der Waals surface area contributed by atoms with E-state index in [2.05, 4.69) is 0 Å². The van der Waals surface area contributed by atoms with Crippen molar-refractivity contribution in [1.82, 2.24) is 4.90 Å². The lowest BCUT2D eigenvalue weighted by atomic mass is 10.0. The van der Waals surface area contributed by atoms with E-state index in [9.17, 15) is 14.4 Å². The van der Waals surface area contributed by atoms with Crippen LogP contribution >= 0.6 is 0 Å². The number of nitrogens with zero attached hydrogens (tertiary/aromatic N) is 1. The highest BCUT2D eigenvalue weighted by atomic mass is 16.4. The number of hydrogen-bond donors (Lipinski definition) is 1. The molecule has 1 N–H and O–H groups in total. The van der Waals surface area contributed by atoms with E-state index in [1.54, 1.807) is 24.3 Å². The highest BCUT2D eigenvalue weighted by Gasteiger charge is 2.34. The zero-order valence-corrected chi connectivity index (χ0v) is 11.3. The Balaban J connectivity index is 1.94. The fourth-order valence-electron chi connectivity index (χ4n) is 2.31. The van der Waals surface area contributed by atoms with Crippen LogP contribution in [-0.2, 0) is 4.79 Å². The zero-order chi connectivity index (χ0) is 14.7. The molecule has 106 valence electrons. The van der Waals surface area contributed by atoms with Crippen LogP contribution in [0, 0.1) is 5.92 Å². The summed E-state index contributed by atoms with van der Waals surface area (Å²) in [5.74, 6) is -1.17. The molecule has 2 amide bonds. The average molecular weight is 275 g/mol. The number of carbonyl (C=O) groups excluding carboxylic acids is 2. The third-order valence-electron chi connectivity index (χ3n) is 3.57. The first-order valence-electron chi connectivity index (χ1n) is 6.67. The van der Waals surface area contributed by atoms with Gasteiger partial charge in [0.2, 0.25) is 0 Å². The van der Waals surface area contributed by atoms with Gasteiger partial charge in [0.15, 0.2) is 0 Å². The van der Waals surface area contributed by atoms with E-state index in [0.29, 0.717) is 30.5 Å². The Morgan fingerprint density at radius 1 is 1.15 bits per heavy atom. The molecule has 5 nitrogen and oxygen atoms in total. The van der Waals surface area contributed by atoms with Crippen LogP contribution in [0.1, 0.15) is 46.9 Å². The van der Waals surface area contributed by atoms with Crippen LogP contribution in [0.3, 0.4) is 0 Å². The van der Waals surface area contributed by atoms with Crippen LogP contribution in [-0.4, -0.2) is 34.3 Å². The van der Waals surface area contributed by atoms with Crippen molar-refractivity contribution in [3.63, 3.8) is 0 Å².